The first-order valence-electron chi connectivity index (χ1n) is 8.88. The standard InChI is InChI=1S/C8H8O2.C7H5ClN2O2.C7H7NO2.CH4/c1-6-2-4-7(5-3-6)8(9)10;8-10-9-6-3-1-5(2-4-6)7(11)12;8-6-3-1-5(2-4-6)7(9)10;/h2-5H,1H3,(H,9,10);1-4H,(H,11,12);1-4H,8H2,(H,9,10);1H4. The molecule has 3 aromatic rings. The third kappa shape index (κ3) is 11.1. The Kier molecular flexibility index (Phi) is 12.8. The minimum atomic E-state index is -0.968. The predicted molar refractivity (Wildman–Crippen MR) is 126 cm³/mol. The lowest BCUT2D eigenvalue weighted by Gasteiger charge is -1.93. The zero-order valence-corrected chi connectivity index (χ0v) is 17.6. The average Bonchev–Trinajstić information content (AvgIpc) is 2.76. The van der Waals surface area contributed by atoms with E-state index in [2.05, 4.69) is 9.75 Å². The number of hydrogen-bond donors (Lipinski definition) is 4. The molecule has 0 aliphatic carbocycles. The molecule has 0 saturated carbocycles. The maximum absolute atomic E-state index is 10.4. The maximum Gasteiger partial charge on any atom is 0.335 e. The Morgan fingerprint density at radius 3 is 1.36 bits per heavy atom. The van der Waals surface area contributed by atoms with Gasteiger partial charge in [-0.3, -0.25) is 0 Å². The molecule has 0 fully saturated rings. The number of carbonyl (C=O) groups is 3. The van der Waals surface area contributed by atoms with Crippen molar-refractivity contribution in [2.75, 3.05) is 5.73 Å². The van der Waals surface area contributed by atoms with Gasteiger partial charge in [0.05, 0.1) is 34.2 Å². The lowest BCUT2D eigenvalue weighted by Crippen LogP contribution is -1.95. The van der Waals surface area contributed by atoms with Crippen molar-refractivity contribution in [1.29, 1.82) is 0 Å². The zero-order valence-electron chi connectivity index (χ0n) is 16.8. The van der Waals surface area contributed by atoms with Gasteiger partial charge in [0.1, 0.15) is 0 Å². The zero-order chi connectivity index (χ0) is 24.1. The van der Waals surface area contributed by atoms with Gasteiger partial charge in [-0.25, -0.2) is 14.4 Å². The lowest BCUT2D eigenvalue weighted by molar-refractivity contribution is 0.0686. The number of nitrogens with zero attached hydrogens (tertiary/aromatic N) is 2. The van der Waals surface area contributed by atoms with E-state index in [-0.39, 0.29) is 18.6 Å². The highest BCUT2D eigenvalue weighted by molar-refractivity contribution is 6.14. The highest BCUT2D eigenvalue weighted by Crippen LogP contribution is 2.13. The summed E-state index contributed by atoms with van der Waals surface area (Å²) in [4.78, 5) is 31.0. The molecule has 0 spiro atoms. The average molecular weight is 474 g/mol. The van der Waals surface area contributed by atoms with E-state index in [9.17, 15) is 14.4 Å². The fourth-order valence-corrected chi connectivity index (χ4v) is 2.12. The predicted octanol–water partition coefficient (Wildman–Crippen LogP) is 5.92. The van der Waals surface area contributed by atoms with Crippen LogP contribution in [0.4, 0.5) is 11.4 Å². The number of carboxylic acids is 3. The third-order valence-electron chi connectivity index (χ3n) is 3.72. The molecule has 0 radical (unpaired) electrons. The van der Waals surface area contributed by atoms with Crippen LogP contribution in [-0.2, 0) is 0 Å². The summed E-state index contributed by atoms with van der Waals surface area (Å²) in [7, 11) is 0. The van der Waals surface area contributed by atoms with Gasteiger partial charge in [0.25, 0.3) is 0 Å². The SMILES string of the molecule is C.Cc1ccc(C(=O)O)cc1.Nc1ccc(C(=O)O)cc1.O=C(O)c1ccc(N=NCl)cc1. The largest absolute Gasteiger partial charge is 0.478 e. The Hall–Kier alpha value is -4.24. The summed E-state index contributed by atoms with van der Waals surface area (Å²) in [6.45, 7) is 1.92. The number of carboxylic acid groups (broad SMARTS) is 3. The molecule has 0 atom stereocenters. The van der Waals surface area contributed by atoms with Crippen molar-refractivity contribution >= 4 is 41.1 Å². The number of hydrogen-bond acceptors (Lipinski definition) is 6. The molecular formula is C23H24ClN3O6. The Bertz CT molecular complexity index is 1010. The number of anilines is 1. The minimum absolute atomic E-state index is 0. The molecule has 0 heterocycles. The van der Waals surface area contributed by atoms with Crippen LogP contribution in [0.1, 0.15) is 44.1 Å². The molecule has 3 rings (SSSR count). The molecule has 33 heavy (non-hydrogen) atoms. The highest BCUT2D eigenvalue weighted by atomic mass is 35.5. The fraction of sp³-hybridized carbons (Fsp3) is 0.0870. The van der Waals surface area contributed by atoms with Crippen molar-refractivity contribution in [3.05, 3.63) is 95.1 Å². The van der Waals surface area contributed by atoms with Crippen molar-refractivity contribution in [3.63, 3.8) is 0 Å². The number of halogens is 1. The van der Waals surface area contributed by atoms with Gasteiger partial charge in [-0.15, -0.1) is 5.11 Å². The Balaban J connectivity index is 0.000000461. The van der Waals surface area contributed by atoms with Crippen molar-refractivity contribution in [2.45, 2.75) is 14.4 Å². The van der Waals surface area contributed by atoms with Gasteiger partial charge in [0, 0.05) is 5.69 Å². The first-order chi connectivity index (χ1) is 15.1. The Morgan fingerprint density at radius 2 is 1.03 bits per heavy atom. The molecule has 0 aromatic heterocycles. The first-order valence-corrected chi connectivity index (χ1v) is 9.22. The molecule has 0 bridgehead atoms. The summed E-state index contributed by atoms with van der Waals surface area (Å²) in [5, 5.41) is 28.9. The Morgan fingerprint density at radius 1 is 0.697 bits per heavy atom. The molecule has 9 nitrogen and oxygen atoms in total. The topological polar surface area (TPSA) is 163 Å². The number of rotatable bonds is 4. The molecule has 5 N–H and O–H groups in total. The van der Waals surface area contributed by atoms with Gasteiger partial charge in [0.15, 0.2) is 0 Å². The van der Waals surface area contributed by atoms with Crippen LogP contribution in [0.15, 0.2) is 82.5 Å². The third-order valence-corrected chi connectivity index (χ3v) is 3.80. The maximum atomic E-state index is 10.4. The monoisotopic (exact) mass is 473 g/mol. The number of nitrogens with two attached hydrogens (primary N) is 1. The van der Waals surface area contributed by atoms with Crippen LogP contribution in [0.25, 0.3) is 0 Å². The molecule has 0 saturated heterocycles. The van der Waals surface area contributed by atoms with Gasteiger partial charge in [-0.05, 0) is 67.6 Å². The van der Waals surface area contributed by atoms with E-state index in [0.717, 1.165) is 5.56 Å². The normalized spacial score (nSPS) is 9.39. The lowest BCUT2D eigenvalue weighted by atomic mass is 10.2. The van der Waals surface area contributed by atoms with Gasteiger partial charge in [-0.2, -0.15) is 0 Å². The van der Waals surface area contributed by atoms with Crippen LogP contribution in [0, 0.1) is 6.92 Å². The molecule has 3 aromatic carbocycles. The van der Waals surface area contributed by atoms with E-state index < -0.39 is 17.9 Å². The van der Waals surface area contributed by atoms with Crippen LogP contribution in [0.2, 0.25) is 0 Å². The molecule has 0 aliphatic rings. The van der Waals surface area contributed by atoms with Crippen LogP contribution in [0.3, 0.4) is 0 Å². The van der Waals surface area contributed by atoms with Crippen LogP contribution in [-0.4, -0.2) is 33.2 Å². The van der Waals surface area contributed by atoms with E-state index in [0.29, 0.717) is 16.9 Å². The summed E-state index contributed by atoms with van der Waals surface area (Å²) in [5.74, 6) is -2.77. The van der Waals surface area contributed by atoms with Crippen LogP contribution < -0.4 is 5.73 Å². The van der Waals surface area contributed by atoms with Crippen molar-refractivity contribution in [3.8, 4) is 0 Å². The summed E-state index contributed by atoms with van der Waals surface area (Å²) in [6, 6.07) is 18.7. The van der Waals surface area contributed by atoms with E-state index in [1.165, 1.54) is 36.4 Å². The van der Waals surface area contributed by atoms with E-state index in [1.54, 1.807) is 36.4 Å². The van der Waals surface area contributed by atoms with Gasteiger partial charge < -0.3 is 21.1 Å². The van der Waals surface area contributed by atoms with Gasteiger partial charge in [0.2, 0.25) is 0 Å². The second kappa shape index (κ2) is 14.7. The van der Waals surface area contributed by atoms with Crippen molar-refractivity contribution in [2.24, 2.45) is 9.75 Å². The summed E-state index contributed by atoms with van der Waals surface area (Å²) >= 11 is 4.98. The number of aryl methyl sites for hydroxylation is 1. The number of nitrogen functional groups attached to an aromatic ring is 1. The quantitative estimate of drug-likeness (QED) is 0.270. The van der Waals surface area contributed by atoms with Crippen molar-refractivity contribution in [1.82, 2.24) is 0 Å². The molecule has 174 valence electrons. The molecule has 10 heteroatoms. The number of aromatic carboxylic acids is 3. The second-order valence-electron chi connectivity index (χ2n) is 6.13. The van der Waals surface area contributed by atoms with Gasteiger partial charge >= 0.3 is 17.9 Å². The summed E-state index contributed by atoms with van der Waals surface area (Å²) in [5.41, 5.74) is 8.31. The van der Waals surface area contributed by atoms with Crippen LogP contribution in [0.5, 0.6) is 0 Å². The summed E-state index contributed by atoms with van der Waals surface area (Å²) < 4.78 is 3.03. The van der Waals surface area contributed by atoms with Crippen molar-refractivity contribution < 1.29 is 29.7 Å². The van der Waals surface area contributed by atoms with Gasteiger partial charge in [-0.1, -0.05) is 29.8 Å². The van der Waals surface area contributed by atoms with E-state index >= 15 is 0 Å². The van der Waals surface area contributed by atoms with E-state index in [1.807, 2.05) is 6.92 Å². The fourth-order valence-electron chi connectivity index (χ4n) is 2.04. The van der Waals surface area contributed by atoms with E-state index in [4.69, 9.17) is 32.8 Å². The second-order valence-corrected chi connectivity index (χ2v) is 6.28. The summed E-state index contributed by atoms with van der Waals surface area (Å²) in [6.07, 6.45) is 0. The molecular weight excluding hydrogens is 450 g/mol. The first kappa shape index (κ1) is 28.8. The smallest absolute Gasteiger partial charge is 0.335 e. The highest BCUT2D eigenvalue weighted by Gasteiger charge is 2.01. The number of benzene rings is 3. The molecule has 0 aliphatic heterocycles. The molecule has 0 amide bonds. The molecule has 0 unspecified atom stereocenters. The minimum Gasteiger partial charge on any atom is -0.478 e. The Labute approximate surface area is 195 Å². The van der Waals surface area contributed by atoms with Crippen LogP contribution >= 0.6 is 11.8 Å².